The van der Waals surface area contributed by atoms with Gasteiger partial charge in [-0.2, -0.15) is 5.10 Å². The summed E-state index contributed by atoms with van der Waals surface area (Å²) in [6.45, 7) is -2.77. The van der Waals surface area contributed by atoms with E-state index in [9.17, 15) is 13.2 Å². The summed E-state index contributed by atoms with van der Waals surface area (Å²) in [5.41, 5.74) is 0.506. The van der Waals surface area contributed by atoms with Crippen molar-refractivity contribution in [3.63, 3.8) is 0 Å². The highest BCUT2D eigenvalue weighted by atomic mass is 32.2. The average Bonchev–Trinajstić information content (AvgIpc) is 3.58. The van der Waals surface area contributed by atoms with Gasteiger partial charge in [-0.15, -0.1) is 15.3 Å². The van der Waals surface area contributed by atoms with E-state index >= 15 is 0 Å². The van der Waals surface area contributed by atoms with Crippen molar-refractivity contribution in [3.8, 4) is 0 Å². The van der Waals surface area contributed by atoms with Crippen molar-refractivity contribution < 1.29 is 17.3 Å². The second kappa shape index (κ2) is 8.22. The maximum atomic E-state index is 12.5. The van der Waals surface area contributed by atoms with E-state index in [2.05, 4.69) is 36.0 Å². The number of rotatable bonds is 7. The lowest BCUT2D eigenvalue weighted by Gasteiger charge is -2.13. The Balaban J connectivity index is 1.68. The molecule has 0 bridgehead atoms. The number of hydrogen-bond acceptors (Lipinski definition) is 10. The molecule has 31 heavy (non-hydrogen) atoms. The molecule has 1 saturated carbocycles. The lowest BCUT2D eigenvalue weighted by Crippen LogP contribution is -2.22. The third-order valence-corrected chi connectivity index (χ3v) is 5.61. The monoisotopic (exact) mass is 443 g/mol. The van der Waals surface area contributed by atoms with Crippen molar-refractivity contribution in [2.45, 2.75) is 23.7 Å². The van der Waals surface area contributed by atoms with E-state index in [0.29, 0.717) is 11.7 Å². The van der Waals surface area contributed by atoms with Crippen LogP contribution in [0, 0.1) is 0 Å². The summed E-state index contributed by atoms with van der Waals surface area (Å²) >= 11 is 0. The minimum Gasteiger partial charge on any atom is -0.354 e. The minimum absolute atomic E-state index is 0.0228. The van der Waals surface area contributed by atoms with E-state index in [1.807, 2.05) is 11.4 Å². The van der Waals surface area contributed by atoms with Crippen LogP contribution >= 0.6 is 0 Å². The molecule has 3 N–H and O–H groups in total. The minimum atomic E-state index is -3.67. The number of pyridine rings is 1. The van der Waals surface area contributed by atoms with Crippen molar-refractivity contribution >= 4 is 38.9 Å². The van der Waals surface area contributed by atoms with E-state index in [4.69, 9.17) is 4.11 Å². The van der Waals surface area contributed by atoms with Crippen LogP contribution < -0.4 is 16.0 Å². The van der Waals surface area contributed by atoms with Gasteiger partial charge in [-0.25, -0.2) is 13.4 Å². The van der Waals surface area contributed by atoms with Crippen LogP contribution in [0.4, 0.5) is 23.1 Å². The number of nitrogens with one attached hydrogen (secondary N) is 3. The Morgan fingerprint density at radius 1 is 1.10 bits per heavy atom. The van der Waals surface area contributed by atoms with Gasteiger partial charge in [0.2, 0.25) is 0 Å². The number of hydrogen-bond donors (Lipinski definition) is 3. The van der Waals surface area contributed by atoms with E-state index in [-0.39, 0.29) is 27.9 Å². The number of nitrogens with zero attached hydrogens (tertiary/aromatic N) is 5. The van der Waals surface area contributed by atoms with E-state index in [0.717, 1.165) is 24.8 Å². The Labute approximate surface area is 182 Å². The molecule has 160 valence electrons. The molecular formula is C19H20N8O3S. The number of anilines is 4. The quantitative estimate of drug-likeness (QED) is 0.493. The Bertz CT molecular complexity index is 1330. The summed E-state index contributed by atoms with van der Waals surface area (Å²) in [6, 6.07) is 7.73. The van der Waals surface area contributed by atoms with Crippen LogP contribution in [-0.2, 0) is 9.84 Å². The molecule has 1 aliphatic rings. The predicted molar refractivity (Wildman–Crippen MR) is 113 cm³/mol. The molecule has 0 spiro atoms. The van der Waals surface area contributed by atoms with Crippen LogP contribution in [0.2, 0.25) is 0 Å². The first-order chi connectivity index (χ1) is 16.0. The van der Waals surface area contributed by atoms with Gasteiger partial charge in [0.15, 0.2) is 27.2 Å². The largest absolute Gasteiger partial charge is 0.354 e. The van der Waals surface area contributed by atoms with Crippen molar-refractivity contribution in [1.29, 1.82) is 0 Å². The zero-order chi connectivity index (χ0) is 24.5. The number of carbonyl (C=O) groups excluding carboxylic acids is 1. The zero-order valence-corrected chi connectivity index (χ0v) is 17.1. The average molecular weight is 444 g/mol. The predicted octanol–water partition coefficient (Wildman–Crippen LogP) is 1.79. The number of sulfone groups is 1. The second-order valence-corrected chi connectivity index (χ2v) is 8.92. The Morgan fingerprint density at radius 3 is 2.58 bits per heavy atom. The van der Waals surface area contributed by atoms with Crippen LogP contribution in [0.15, 0.2) is 41.4 Å². The molecule has 3 aromatic rings. The Morgan fingerprint density at radius 2 is 1.90 bits per heavy atom. The maximum absolute atomic E-state index is 12.5. The van der Waals surface area contributed by atoms with Gasteiger partial charge in [0.25, 0.3) is 5.91 Å². The molecule has 0 unspecified atom stereocenters. The molecule has 0 aliphatic heterocycles. The van der Waals surface area contributed by atoms with Crippen LogP contribution in [0.1, 0.15) is 39.1 Å². The fourth-order valence-corrected chi connectivity index (χ4v) is 3.60. The molecule has 12 heteroatoms. The van der Waals surface area contributed by atoms with Crippen molar-refractivity contribution in [2.75, 3.05) is 23.9 Å². The molecule has 0 atom stereocenters. The third-order valence-electron chi connectivity index (χ3n) is 4.48. The van der Waals surface area contributed by atoms with Gasteiger partial charge in [0.05, 0.1) is 11.4 Å². The molecule has 0 aromatic carbocycles. The summed E-state index contributed by atoms with van der Waals surface area (Å²) in [6.07, 6.45) is 4.55. The molecule has 1 fully saturated rings. The highest BCUT2D eigenvalue weighted by molar-refractivity contribution is 7.90. The molecule has 3 aromatic heterocycles. The van der Waals surface area contributed by atoms with E-state index < -0.39 is 22.7 Å². The van der Waals surface area contributed by atoms with Crippen LogP contribution in [-0.4, -0.2) is 52.9 Å². The number of carbonyl (C=O) groups is 1. The standard InChI is InChI=1S/C19H20N8O3S/c1-20-19(28)17-13(22-18-14(31(2,29)30)4-3-9-21-18)10-16(26-27-17)23-15-8-7-12(24-25-15)11-5-6-11/h3-4,7-11H,5-6H2,1-2H3,(H,20,28)(H2,21,22,23,25,26)/i1D3. The molecule has 0 saturated heterocycles. The fourth-order valence-electron chi connectivity index (χ4n) is 2.82. The molecule has 3 heterocycles. The van der Waals surface area contributed by atoms with Crippen LogP contribution in [0.3, 0.4) is 0 Å². The molecule has 11 nitrogen and oxygen atoms in total. The lowest BCUT2D eigenvalue weighted by molar-refractivity contribution is 0.0958. The molecular weight excluding hydrogens is 420 g/mol. The summed E-state index contributed by atoms with van der Waals surface area (Å²) in [5, 5.41) is 23.5. The smallest absolute Gasteiger partial charge is 0.273 e. The Kier molecular flexibility index (Phi) is 4.52. The molecule has 1 aliphatic carbocycles. The van der Waals surface area contributed by atoms with Crippen molar-refractivity contribution in [1.82, 2.24) is 30.7 Å². The highest BCUT2D eigenvalue weighted by Crippen LogP contribution is 2.38. The highest BCUT2D eigenvalue weighted by Gasteiger charge is 2.25. The first kappa shape index (κ1) is 17.1. The third kappa shape index (κ3) is 4.74. The van der Waals surface area contributed by atoms with Crippen LogP contribution in [0.25, 0.3) is 0 Å². The SMILES string of the molecule is [2H]C([2H])([2H])NC(=O)c1nnc(Nc2ccc(C3CC3)nn2)cc1Nc1ncccc1S(C)(=O)=O. The van der Waals surface area contributed by atoms with Crippen molar-refractivity contribution in [2.24, 2.45) is 0 Å². The summed E-state index contributed by atoms with van der Waals surface area (Å²) in [5.74, 6) is -0.139. The van der Waals surface area contributed by atoms with Gasteiger partial charge in [-0.1, -0.05) is 0 Å². The van der Waals surface area contributed by atoms with Gasteiger partial charge in [-0.3, -0.25) is 4.79 Å². The molecule has 0 radical (unpaired) electrons. The van der Waals surface area contributed by atoms with Gasteiger partial charge in [0, 0.05) is 35.5 Å². The number of amides is 1. The van der Waals surface area contributed by atoms with E-state index in [1.165, 1.54) is 24.4 Å². The molecule has 4 rings (SSSR count). The van der Waals surface area contributed by atoms with E-state index in [1.54, 1.807) is 6.07 Å². The van der Waals surface area contributed by atoms with Gasteiger partial charge < -0.3 is 16.0 Å². The van der Waals surface area contributed by atoms with Crippen LogP contribution in [0.5, 0.6) is 0 Å². The second-order valence-electron chi connectivity index (χ2n) is 6.94. The summed E-state index contributed by atoms with van der Waals surface area (Å²) in [4.78, 5) is 16.5. The first-order valence-electron chi connectivity index (χ1n) is 10.7. The molecule has 1 amide bonds. The Hall–Kier alpha value is -3.67. The lowest BCUT2D eigenvalue weighted by atomic mass is 10.2. The van der Waals surface area contributed by atoms with Gasteiger partial charge >= 0.3 is 0 Å². The van der Waals surface area contributed by atoms with Gasteiger partial charge in [0.1, 0.15) is 10.7 Å². The maximum Gasteiger partial charge on any atom is 0.273 e. The normalized spacial score (nSPS) is 15.3. The summed E-state index contributed by atoms with van der Waals surface area (Å²) in [7, 11) is -3.67. The fraction of sp³-hybridized carbons (Fsp3) is 0.263. The summed E-state index contributed by atoms with van der Waals surface area (Å²) < 4.78 is 46.1. The zero-order valence-electron chi connectivity index (χ0n) is 19.3. The first-order valence-corrected chi connectivity index (χ1v) is 11.1. The van der Waals surface area contributed by atoms with Crippen molar-refractivity contribution in [3.05, 3.63) is 47.9 Å². The topological polar surface area (TPSA) is 152 Å². The number of aromatic nitrogens is 5. The van der Waals surface area contributed by atoms with Gasteiger partial charge in [-0.05, 0) is 37.1 Å².